The molecule has 1 amide bonds. The highest BCUT2D eigenvalue weighted by Crippen LogP contribution is 2.50. The summed E-state index contributed by atoms with van der Waals surface area (Å²) in [5, 5.41) is 3.50. The van der Waals surface area contributed by atoms with Crippen molar-refractivity contribution in [2.75, 3.05) is 31.4 Å². The smallest absolute Gasteiger partial charge is 0.261 e. The van der Waals surface area contributed by atoms with Crippen LogP contribution in [0.4, 0.5) is 11.5 Å². The summed E-state index contributed by atoms with van der Waals surface area (Å²) in [5.41, 5.74) is 8.75. The van der Waals surface area contributed by atoms with Gasteiger partial charge in [0.25, 0.3) is 5.91 Å². The minimum Gasteiger partial charge on any atom is -0.475 e. The Labute approximate surface area is 192 Å². The molecular weight excluding hydrogens is 422 g/mol. The molecule has 2 aromatic heterocycles. The van der Waals surface area contributed by atoms with E-state index in [-0.39, 0.29) is 23.4 Å². The molecule has 0 spiro atoms. The van der Waals surface area contributed by atoms with Crippen molar-refractivity contribution in [1.29, 1.82) is 0 Å². The fourth-order valence-electron chi connectivity index (χ4n) is 4.36. The summed E-state index contributed by atoms with van der Waals surface area (Å²) in [6, 6.07) is 7.53. The third kappa shape index (κ3) is 4.14. The number of methoxy groups -OCH3 is 1. The number of benzene rings is 1. The SMILES string of the molecule is COCc1ccc(NC(=O)c2c(OCC3CCCO3)n(C3(C)CC3)c3ncnc(N)c23)cc1. The van der Waals surface area contributed by atoms with Crippen LogP contribution in [0.1, 0.15) is 48.5 Å². The molecule has 3 N–H and O–H groups in total. The van der Waals surface area contributed by atoms with Crippen LogP contribution in [0.3, 0.4) is 0 Å². The molecule has 174 valence electrons. The largest absolute Gasteiger partial charge is 0.475 e. The predicted octanol–water partition coefficient (Wildman–Crippen LogP) is 3.48. The summed E-state index contributed by atoms with van der Waals surface area (Å²) in [5.74, 6) is 0.415. The predicted molar refractivity (Wildman–Crippen MR) is 124 cm³/mol. The average Bonchev–Trinajstić information content (AvgIpc) is 3.21. The number of rotatable bonds is 8. The molecule has 0 radical (unpaired) electrons. The fourth-order valence-corrected chi connectivity index (χ4v) is 4.36. The lowest BCUT2D eigenvalue weighted by molar-refractivity contribution is 0.0636. The van der Waals surface area contributed by atoms with Gasteiger partial charge < -0.3 is 25.3 Å². The molecule has 3 aromatic rings. The Morgan fingerprint density at radius 1 is 1.30 bits per heavy atom. The van der Waals surface area contributed by atoms with E-state index in [4.69, 9.17) is 19.9 Å². The molecular formula is C24H29N5O4. The lowest BCUT2D eigenvalue weighted by atomic mass is 10.2. The van der Waals surface area contributed by atoms with Gasteiger partial charge in [-0.15, -0.1) is 0 Å². The van der Waals surface area contributed by atoms with E-state index in [1.165, 1.54) is 6.33 Å². The number of amides is 1. The van der Waals surface area contributed by atoms with Crippen LogP contribution in [0.15, 0.2) is 30.6 Å². The highest BCUT2D eigenvalue weighted by atomic mass is 16.5. The maximum absolute atomic E-state index is 13.6. The molecule has 1 saturated heterocycles. The first-order valence-electron chi connectivity index (χ1n) is 11.3. The maximum atomic E-state index is 13.6. The van der Waals surface area contributed by atoms with Gasteiger partial charge in [-0.3, -0.25) is 9.36 Å². The number of hydrogen-bond donors (Lipinski definition) is 2. The van der Waals surface area contributed by atoms with Gasteiger partial charge in [-0.2, -0.15) is 0 Å². The number of carbonyl (C=O) groups excluding carboxylic acids is 1. The van der Waals surface area contributed by atoms with E-state index in [9.17, 15) is 4.79 Å². The molecule has 1 aliphatic heterocycles. The number of fused-ring (bicyclic) bond motifs is 1. The number of ether oxygens (including phenoxy) is 3. The molecule has 3 heterocycles. The molecule has 1 aliphatic carbocycles. The minimum absolute atomic E-state index is 0.0103. The van der Waals surface area contributed by atoms with Crippen LogP contribution in [0.2, 0.25) is 0 Å². The highest BCUT2D eigenvalue weighted by molar-refractivity contribution is 6.17. The molecule has 2 fully saturated rings. The first kappa shape index (κ1) is 21.7. The third-order valence-corrected chi connectivity index (χ3v) is 6.43. The number of nitrogens with zero attached hydrogens (tertiary/aromatic N) is 3. The topological polar surface area (TPSA) is 114 Å². The quantitative estimate of drug-likeness (QED) is 0.539. The zero-order chi connectivity index (χ0) is 23.0. The van der Waals surface area contributed by atoms with E-state index in [1.807, 2.05) is 28.8 Å². The van der Waals surface area contributed by atoms with Crippen molar-refractivity contribution < 1.29 is 19.0 Å². The number of nitrogens with one attached hydrogen (secondary N) is 1. The highest BCUT2D eigenvalue weighted by Gasteiger charge is 2.45. The van der Waals surface area contributed by atoms with Crippen molar-refractivity contribution in [3.63, 3.8) is 0 Å². The molecule has 1 unspecified atom stereocenters. The van der Waals surface area contributed by atoms with E-state index < -0.39 is 0 Å². The van der Waals surface area contributed by atoms with Crippen molar-refractivity contribution in [2.24, 2.45) is 0 Å². The van der Waals surface area contributed by atoms with Crippen molar-refractivity contribution in [1.82, 2.24) is 14.5 Å². The lowest BCUT2D eigenvalue weighted by Crippen LogP contribution is -2.22. The molecule has 0 bridgehead atoms. The van der Waals surface area contributed by atoms with Gasteiger partial charge >= 0.3 is 0 Å². The maximum Gasteiger partial charge on any atom is 0.261 e. The summed E-state index contributed by atoms with van der Waals surface area (Å²) < 4.78 is 19.2. The summed E-state index contributed by atoms with van der Waals surface area (Å²) in [7, 11) is 1.65. The lowest BCUT2D eigenvalue weighted by Gasteiger charge is -2.19. The van der Waals surface area contributed by atoms with E-state index in [2.05, 4.69) is 22.2 Å². The van der Waals surface area contributed by atoms with Crippen molar-refractivity contribution in [3.8, 4) is 5.88 Å². The van der Waals surface area contributed by atoms with Crippen molar-refractivity contribution in [3.05, 3.63) is 41.7 Å². The van der Waals surface area contributed by atoms with Crippen LogP contribution in [0, 0.1) is 0 Å². The number of hydrogen-bond acceptors (Lipinski definition) is 7. The minimum atomic E-state index is -0.314. The second-order valence-electron chi connectivity index (χ2n) is 9.00. The monoisotopic (exact) mass is 451 g/mol. The van der Waals surface area contributed by atoms with Gasteiger partial charge in [0.05, 0.1) is 18.1 Å². The van der Waals surface area contributed by atoms with Crippen LogP contribution < -0.4 is 15.8 Å². The Morgan fingerprint density at radius 2 is 2.09 bits per heavy atom. The molecule has 9 nitrogen and oxygen atoms in total. The molecule has 1 atom stereocenters. The molecule has 2 aliphatic rings. The van der Waals surface area contributed by atoms with E-state index in [1.54, 1.807) is 7.11 Å². The number of carbonyl (C=O) groups is 1. The summed E-state index contributed by atoms with van der Waals surface area (Å²) in [4.78, 5) is 22.3. The number of nitrogens with two attached hydrogens (primary N) is 1. The second-order valence-corrected chi connectivity index (χ2v) is 9.00. The second kappa shape index (κ2) is 8.64. The molecule has 1 aromatic carbocycles. The van der Waals surface area contributed by atoms with E-state index in [0.29, 0.717) is 41.4 Å². The van der Waals surface area contributed by atoms with Crippen molar-refractivity contribution >= 4 is 28.4 Å². The van der Waals surface area contributed by atoms with Crippen LogP contribution >= 0.6 is 0 Å². The summed E-state index contributed by atoms with van der Waals surface area (Å²) in [6.07, 6.45) is 5.34. The first-order valence-corrected chi connectivity index (χ1v) is 11.3. The Hall–Kier alpha value is -3.17. The zero-order valence-electron chi connectivity index (χ0n) is 19.0. The van der Waals surface area contributed by atoms with Gasteiger partial charge in [-0.1, -0.05) is 12.1 Å². The molecule has 1 saturated carbocycles. The molecule has 9 heteroatoms. The number of nitrogen functional groups attached to an aromatic ring is 1. The van der Waals surface area contributed by atoms with Gasteiger partial charge in [-0.05, 0) is 50.3 Å². The van der Waals surface area contributed by atoms with Crippen LogP contribution in [-0.4, -0.2) is 46.9 Å². The summed E-state index contributed by atoms with van der Waals surface area (Å²) >= 11 is 0. The van der Waals surface area contributed by atoms with Gasteiger partial charge in [0.1, 0.15) is 30.0 Å². The van der Waals surface area contributed by atoms with E-state index >= 15 is 0 Å². The summed E-state index contributed by atoms with van der Waals surface area (Å²) in [6.45, 7) is 3.75. The Kier molecular flexibility index (Phi) is 5.67. The van der Waals surface area contributed by atoms with Crippen LogP contribution in [0.25, 0.3) is 11.0 Å². The van der Waals surface area contributed by atoms with Gasteiger partial charge in [-0.25, -0.2) is 9.97 Å². The zero-order valence-corrected chi connectivity index (χ0v) is 19.0. The van der Waals surface area contributed by atoms with Crippen molar-refractivity contribution in [2.45, 2.75) is 50.9 Å². The Bertz CT molecular complexity index is 1160. The van der Waals surface area contributed by atoms with Crippen LogP contribution in [-0.2, 0) is 21.6 Å². The number of aromatic nitrogens is 3. The molecule has 33 heavy (non-hydrogen) atoms. The first-order chi connectivity index (χ1) is 16.0. The normalized spacial score (nSPS) is 19.0. The average molecular weight is 452 g/mol. The van der Waals surface area contributed by atoms with Gasteiger partial charge in [0, 0.05) is 24.9 Å². The third-order valence-electron chi connectivity index (χ3n) is 6.43. The Morgan fingerprint density at radius 3 is 2.76 bits per heavy atom. The van der Waals surface area contributed by atoms with Crippen LogP contribution in [0.5, 0.6) is 5.88 Å². The van der Waals surface area contributed by atoms with E-state index in [0.717, 1.165) is 37.9 Å². The standard InChI is InChI=1S/C24H29N5O4/c1-24(9-10-24)29-21-18(20(25)26-14-27-21)19(23(29)33-13-17-4-3-11-32-17)22(30)28-16-7-5-15(6-8-16)12-31-2/h5-8,14,17H,3-4,9-13H2,1-2H3,(H,28,30)(H2,25,26,27). The Balaban J connectivity index is 1.55. The molecule has 5 rings (SSSR count). The fraction of sp³-hybridized carbons (Fsp3) is 0.458. The van der Waals surface area contributed by atoms with Gasteiger partial charge in [0.15, 0.2) is 0 Å². The number of anilines is 2. The van der Waals surface area contributed by atoms with Gasteiger partial charge in [0.2, 0.25) is 5.88 Å².